The molecule has 9 heteroatoms. The zero-order valence-electron chi connectivity index (χ0n) is 12.9. The van der Waals surface area contributed by atoms with E-state index in [4.69, 9.17) is 14.6 Å². The minimum Gasteiger partial charge on any atom is -0.497 e. The third-order valence-corrected chi connectivity index (χ3v) is 4.62. The number of aliphatic hydroxyl groups is 2. The second-order valence-corrected chi connectivity index (χ2v) is 6.29. The average Bonchev–Trinajstić information content (AvgIpc) is 3.21. The molecule has 8 nitrogen and oxygen atoms in total. The quantitative estimate of drug-likeness (QED) is 0.736. The molecule has 0 unspecified atom stereocenters. The van der Waals surface area contributed by atoms with Gasteiger partial charge in [0.05, 0.1) is 19.8 Å². The normalized spacial score (nSPS) is 23.2. The van der Waals surface area contributed by atoms with E-state index in [1.165, 1.54) is 11.3 Å². The molecule has 1 aromatic carbocycles. The fourth-order valence-corrected chi connectivity index (χ4v) is 3.17. The van der Waals surface area contributed by atoms with Crippen molar-refractivity contribution in [3.63, 3.8) is 0 Å². The zero-order valence-corrected chi connectivity index (χ0v) is 13.7. The Bertz CT molecular complexity index is 705. The van der Waals surface area contributed by atoms with E-state index < -0.39 is 18.3 Å². The molecule has 2 heterocycles. The summed E-state index contributed by atoms with van der Waals surface area (Å²) in [4.78, 5) is 12.2. The molecule has 3 atom stereocenters. The van der Waals surface area contributed by atoms with Crippen molar-refractivity contribution >= 4 is 22.4 Å². The van der Waals surface area contributed by atoms with Crippen LogP contribution in [-0.4, -0.2) is 52.2 Å². The summed E-state index contributed by atoms with van der Waals surface area (Å²) in [6.07, 6.45) is -1.44. The first-order valence-electron chi connectivity index (χ1n) is 7.34. The number of methoxy groups -OCH3 is 1. The fourth-order valence-electron chi connectivity index (χ4n) is 2.38. The van der Waals surface area contributed by atoms with E-state index in [0.29, 0.717) is 27.9 Å². The maximum absolute atomic E-state index is 12.2. The Morgan fingerprint density at radius 2 is 2.17 bits per heavy atom. The number of carbonyl (C=O) groups is 1. The Labute approximate surface area is 142 Å². The van der Waals surface area contributed by atoms with Gasteiger partial charge in [-0.1, -0.05) is 11.3 Å². The van der Waals surface area contributed by atoms with E-state index in [-0.39, 0.29) is 12.5 Å². The number of nitrogens with zero attached hydrogens (tertiary/aromatic N) is 2. The van der Waals surface area contributed by atoms with Gasteiger partial charge in [0.15, 0.2) is 0 Å². The van der Waals surface area contributed by atoms with Crippen LogP contribution in [0.3, 0.4) is 0 Å². The van der Waals surface area contributed by atoms with Crippen LogP contribution in [0.1, 0.15) is 27.9 Å². The molecule has 0 radical (unpaired) electrons. The molecule has 3 rings (SSSR count). The third kappa shape index (κ3) is 3.54. The number of anilines is 1. The molecule has 1 aliphatic heterocycles. The molecular weight excluding hydrogens is 334 g/mol. The summed E-state index contributed by atoms with van der Waals surface area (Å²) in [7, 11) is 1.56. The summed E-state index contributed by atoms with van der Waals surface area (Å²) in [6.45, 7) is -0.252. The molecular formula is C15H17N3O5S. The van der Waals surface area contributed by atoms with Gasteiger partial charge in [-0.05, 0) is 24.3 Å². The van der Waals surface area contributed by atoms with Crippen LogP contribution >= 0.6 is 11.3 Å². The van der Waals surface area contributed by atoms with Crippen LogP contribution in [0.2, 0.25) is 0 Å². The van der Waals surface area contributed by atoms with E-state index in [1.54, 1.807) is 31.4 Å². The number of aromatic nitrogens is 2. The fraction of sp³-hybridized carbons (Fsp3) is 0.400. The molecule has 0 bridgehead atoms. The number of hydrogen-bond acceptors (Lipinski definition) is 8. The molecule has 1 aliphatic rings. The van der Waals surface area contributed by atoms with Crippen LogP contribution < -0.4 is 10.1 Å². The van der Waals surface area contributed by atoms with Gasteiger partial charge in [0.2, 0.25) is 5.13 Å². The SMILES string of the molecule is COc1ccc(C(=O)Nc2nnc([C@@H]3C[C@H](O)[C@@H](CO)O3)s2)cc1. The van der Waals surface area contributed by atoms with Crippen LogP contribution in [0.5, 0.6) is 5.75 Å². The number of nitrogens with one attached hydrogen (secondary N) is 1. The van der Waals surface area contributed by atoms with Crippen LogP contribution in [-0.2, 0) is 4.74 Å². The number of benzene rings is 1. The second-order valence-electron chi connectivity index (χ2n) is 5.28. The van der Waals surface area contributed by atoms with Crippen molar-refractivity contribution in [2.24, 2.45) is 0 Å². The van der Waals surface area contributed by atoms with Gasteiger partial charge in [-0.2, -0.15) is 0 Å². The van der Waals surface area contributed by atoms with Crippen molar-refractivity contribution in [3.8, 4) is 5.75 Å². The van der Waals surface area contributed by atoms with Gasteiger partial charge in [-0.3, -0.25) is 10.1 Å². The molecule has 0 saturated carbocycles. The lowest BCUT2D eigenvalue weighted by Crippen LogP contribution is -2.24. The Morgan fingerprint density at radius 1 is 1.42 bits per heavy atom. The van der Waals surface area contributed by atoms with Crippen LogP contribution in [0, 0.1) is 0 Å². The summed E-state index contributed by atoms with van der Waals surface area (Å²) in [5.41, 5.74) is 0.473. The average molecular weight is 351 g/mol. The third-order valence-electron chi connectivity index (χ3n) is 3.69. The Hall–Kier alpha value is -2.07. The van der Waals surface area contributed by atoms with E-state index in [1.807, 2.05) is 0 Å². The minimum absolute atomic E-state index is 0.252. The van der Waals surface area contributed by atoms with Crippen LogP contribution in [0.15, 0.2) is 24.3 Å². The van der Waals surface area contributed by atoms with Crippen molar-refractivity contribution in [3.05, 3.63) is 34.8 Å². The van der Waals surface area contributed by atoms with E-state index >= 15 is 0 Å². The molecule has 0 aliphatic carbocycles. The first-order chi connectivity index (χ1) is 11.6. The summed E-state index contributed by atoms with van der Waals surface area (Å²) in [5, 5.41) is 30.3. The standard InChI is InChI=1S/C15H17N3O5S/c1-22-9-4-2-8(3-5-9)13(21)16-15-18-17-14(24-15)11-6-10(20)12(7-19)23-11/h2-5,10-12,19-20H,6-7H2,1H3,(H,16,18,21)/t10-,11-,12+/m0/s1. The molecule has 1 fully saturated rings. The highest BCUT2D eigenvalue weighted by Gasteiger charge is 2.36. The van der Waals surface area contributed by atoms with Gasteiger partial charge >= 0.3 is 0 Å². The summed E-state index contributed by atoms with van der Waals surface area (Å²) in [6, 6.07) is 6.70. The van der Waals surface area contributed by atoms with Gasteiger partial charge in [0, 0.05) is 12.0 Å². The lowest BCUT2D eigenvalue weighted by molar-refractivity contribution is -0.0227. The monoisotopic (exact) mass is 351 g/mol. The Kier molecular flexibility index (Phi) is 5.05. The largest absolute Gasteiger partial charge is 0.497 e. The first kappa shape index (κ1) is 16.8. The molecule has 3 N–H and O–H groups in total. The van der Waals surface area contributed by atoms with Gasteiger partial charge in [0.1, 0.15) is 23.0 Å². The van der Waals surface area contributed by atoms with Crippen LogP contribution in [0.25, 0.3) is 0 Å². The summed E-state index contributed by atoms with van der Waals surface area (Å²) < 4.78 is 10.6. The van der Waals surface area contributed by atoms with Gasteiger partial charge in [0.25, 0.3) is 5.91 Å². The van der Waals surface area contributed by atoms with Crippen LogP contribution in [0.4, 0.5) is 5.13 Å². The predicted molar refractivity (Wildman–Crippen MR) is 86.2 cm³/mol. The molecule has 0 spiro atoms. The molecule has 1 saturated heterocycles. The smallest absolute Gasteiger partial charge is 0.257 e. The maximum Gasteiger partial charge on any atom is 0.257 e. The van der Waals surface area contributed by atoms with E-state index in [9.17, 15) is 9.90 Å². The molecule has 2 aromatic rings. The topological polar surface area (TPSA) is 114 Å². The Balaban J connectivity index is 1.64. The number of hydrogen-bond donors (Lipinski definition) is 3. The Morgan fingerprint density at radius 3 is 2.79 bits per heavy atom. The van der Waals surface area contributed by atoms with Gasteiger partial charge < -0.3 is 19.7 Å². The molecule has 24 heavy (non-hydrogen) atoms. The minimum atomic E-state index is -0.735. The number of carbonyl (C=O) groups excluding carboxylic acids is 1. The second kappa shape index (κ2) is 7.22. The number of rotatable bonds is 5. The van der Waals surface area contributed by atoms with Crippen molar-refractivity contribution in [2.75, 3.05) is 19.0 Å². The van der Waals surface area contributed by atoms with Gasteiger partial charge in [-0.25, -0.2) is 0 Å². The lowest BCUT2D eigenvalue weighted by atomic mass is 10.1. The highest BCUT2D eigenvalue weighted by atomic mass is 32.1. The van der Waals surface area contributed by atoms with Crippen molar-refractivity contribution in [1.82, 2.24) is 10.2 Å². The zero-order chi connectivity index (χ0) is 17.1. The van der Waals surface area contributed by atoms with Crippen molar-refractivity contribution in [1.29, 1.82) is 0 Å². The maximum atomic E-state index is 12.2. The first-order valence-corrected chi connectivity index (χ1v) is 8.15. The molecule has 1 amide bonds. The molecule has 1 aromatic heterocycles. The van der Waals surface area contributed by atoms with Crippen molar-refractivity contribution in [2.45, 2.75) is 24.7 Å². The van der Waals surface area contributed by atoms with Crippen molar-refractivity contribution < 1.29 is 24.5 Å². The number of ether oxygens (including phenoxy) is 2. The van der Waals surface area contributed by atoms with Gasteiger partial charge in [-0.15, -0.1) is 10.2 Å². The highest BCUT2D eigenvalue weighted by Crippen LogP contribution is 2.35. The summed E-state index contributed by atoms with van der Waals surface area (Å²) in [5.74, 6) is 0.362. The van der Waals surface area contributed by atoms with E-state index in [2.05, 4.69) is 15.5 Å². The number of aliphatic hydroxyl groups excluding tert-OH is 2. The predicted octanol–water partition coefficient (Wildman–Crippen LogP) is 0.982. The highest BCUT2D eigenvalue weighted by molar-refractivity contribution is 7.15. The molecule has 128 valence electrons. The lowest BCUT2D eigenvalue weighted by Gasteiger charge is -2.09. The summed E-state index contributed by atoms with van der Waals surface area (Å²) >= 11 is 1.18. The van der Waals surface area contributed by atoms with E-state index in [0.717, 1.165) is 0 Å². The number of amides is 1.